The lowest BCUT2D eigenvalue weighted by molar-refractivity contribution is 0.0827. The lowest BCUT2D eigenvalue weighted by atomic mass is 9.61. The van der Waals surface area contributed by atoms with Crippen LogP contribution in [0.1, 0.15) is 85.5 Å². The summed E-state index contributed by atoms with van der Waals surface area (Å²) in [4.78, 5) is 0. The molecule has 3 rings (SSSR count). The number of hydrogen-bond donors (Lipinski definition) is 3. The summed E-state index contributed by atoms with van der Waals surface area (Å²) < 4.78 is 0. The maximum atomic E-state index is 10.5. The lowest BCUT2D eigenvalue weighted by Gasteiger charge is -2.44. The minimum atomic E-state index is -0.689. The normalized spacial score (nSPS) is 36.9. The van der Waals surface area contributed by atoms with Crippen LogP contribution in [0.15, 0.2) is 59.8 Å². The Balaban J connectivity index is 1.72. The molecule has 0 amide bonds. The van der Waals surface area contributed by atoms with E-state index in [1.54, 1.807) is 0 Å². The zero-order chi connectivity index (χ0) is 24.2. The molecule has 3 heteroatoms. The summed E-state index contributed by atoms with van der Waals surface area (Å²) in [6.45, 7) is 13.0. The van der Waals surface area contributed by atoms with Crippen molar-refractivity contribution in [3.05, 3.63) is 59.8 Å². The van der Waals surface area contributed by atoms with Crippen molar-refractivity contribution < 1.29 is 15.3 Å². The second-order valence-corrected chi connectivity index (χ2v) is 11.1. The van der Waals surface area contributed by atoms with E-state index in [2.05, 4.69) is 44.7 Å². The first-order chi connectivity index (χ1) is 15.6. The van der Waals surface area contributed by atoms with E-state index in [1.165, 1.54) is 31.3 Å². The molecule has 0 aromatic rings. The van der Waals surface area contributed by atoms with Crippen LogP contribution in [0, 0.1) is 23.2 Å². The van der Waals surface area contributed by atoms with E-state index in [9.17, 15) is 15.3 Å². The van der Waals surface area contributed by atoms with Gasteiger partial charge in [-0.3, -0.25) is 0 Å². The van der Waals surface area contributed by atoms with Crippen LogP contribution in [-0.2, 0) is 0 Å². The predicted molar refractivity (Wildman–Crippen MR) is 138 cm³/mol. The molecule has 3 fully saturated rings. The lowest BCUT2D eigenvalue weighted by Crippen LogP contribution is -2.35. The van der Waals surface area contributed by atoms with Gasteiger partial charge in [0.15, 0.2) is 0 Å². The van der Waals surface area contributed by atoms with Gasteiger partial charge in [0.1, 0.15) is 0 Å². The SMILES string of the molecule is C=C1/C(=C\C=C2\CCC[C@]3(C)[C@@H]([C@H](C)/C=C/C=C/C(O)(CC)CC)CC[C@@H]23)C[C@@H](O)C[C@@H]1O. The quantitative estimate of drug-likeness (QED) is 0.389. The van der Waals surface area contributed by atoms with Gasteiger partial charge in [0.05, 0.1) is 17.8 Å². The molecular weight excluding hydrogens is 408 g/mol. The van der Waals surface area contributed by atoms with Crippen molar-refractivity contribution in [2.24, 2.45) is 23.2 Å². The summed E-state index contributed by atoms with van der Waals surface area (Å²) in [5, 5.41) is 30.7. The summed E-state index contributed by atoms with van der Waals surface area (Å²) >= 11 is 0. The molecule has 0 aromatic heterocycles. The van der Waals surface area contributed by atoms with Crippen LogP contribution < -0.4 is 0 Å². The molecule has 0 spiro atoms. The van der Waals surface area contributed by atoms with Gasteiger partial charge in [-0.25, -0.2) is 0 Å². The van der Waals surface area contributed by atoms with Crippen molar-refractivity contribution in [1.82, 2.24) is 0 Å². The van der Waals surface area contributed by atoms with Crippen LogP contribution in [0.4, 0.5) is 0 Å². The van der Waals surface area contributed by atoms with Crippen molar-refractivity contribution in [1.29, 1.82) is 0 Å². The van der Waals surface area contributed by atoms with E-state index < -0.39 is 17.8 Å². The highest BCUT2D eigenvalue weighted by Crippen LogP contribution is 2.59. The summed E-state index contributed by atoms with van der Waals surface area (Å²) in [6, 6.07) is 0. The Labute approximate surface area is 201 Å². The fourth-order valence-corrected chi connectivity index (χ4v) is 6.70. The highest BCUT2D eigenvalue weighted by Gasteiger charge is 2.50. The molecule has 6 atom stereocenters. The standard InChI is InChI=1S/C30H46O3/c1-6-30(33,7-2)18-9-8-11-21(3)26-15-16-27-23(12-10-17-29(26,27)5)13-14-24-19-25(31)20-28(32)22(24)4/h8-9,11,13-14,18,21,25-28,31-33H,4,6-7,10,12,15-17,19-20H2,1-3,5H3/b11-8+,18-9+,23-13-,24-14-/t21-,25-,26-,27+,28+,29-/m1/s1. The highest BCUT2D eigenvalue weighted by molar-refractivity contribution is 5.38. The van der Waals surface area contributed by atoms with Gasteiger partial charge in [0.25, 0.3) is 0 Å². The predicted octanol–water partition coefficient (Wildman–Crippen LogP) is 6.43. The summed E-state index contributed by atoms with van der Waals surface area (Å²) in [5.41, 5.74) is 2.92. The largest absolute Gasteiger partial charge is 0.393 e. The molecule has 3 N–H and O–H groups in total. The Morgan fingerprint density at radius 1 is 1.15 bits per heavy atom. The van der Waals surface area contributed by atoms with E-state index in [0.717, 1.165) is 30.4 Å². The summed E-state index contributed by atoms with van der Waals surface area (Å²) in [5.74, 6) is 1.77. The third kappa shape index (κ3) is 5.81. The monoisotopic (exact) mass is 454 g/mol. The second kappa shape index (κ2) is 10.9. The molecule has 0 unspecified atom stereocenters. The first-order valence-electron chi connectivity index (χ1n) is 13.2. The number of allylic oxidation sites excluding steroid dienone is 6. The van der Waals surface area contributed by atoms with Gasteiger partial charge < -0.3 is 15.3 Å². The molecule has 3 saturated carbocycles. The maximum absolute atomic E-state index is 10.5. The molecular formula is C30H46O3. The number of aliphatic hydroxyl groups is 3. The van der Waals surface area contributed by atoms with Crippen molar-refractivity contribution in [2.75, 3.05) is 0 Å². The molecule has 0 radical (unpaired) electrons. The van der Waals surface area contributed by atoms with Crippen LogP contribution in [0.2, 0.25) is 0 Å². The van der Waals surface area contributed by atoms with Crippen LogP contribution in [-0.4, -0.2) is 33.1 Å². The average Bonchev–Trinajstić information content (AvgIpc) is 3.15. The number of hydrogen-bond acceptors (Lipinski definition) is 3. The van der Waals surface area contributed by atoms with E-state index in [1.807, 2.05) is 26.0 Å². The number of rotatable bonds is 7. The minimum Gasteiger partial charge on any atom is -0.393 e. The molecule has 0 aliphatic heterocycles. The topological polar surface area (TPSA) is 60.7 Å². The zero-order valence-electron chi connectivity index (χ0n) is 21.3. The molecule has 184 valence electrons. The number of fused-ring (bicyclic) bond motifs is 1. The molecule has 3 aliphatic rings. The van der Waals surface area contributed by atoms with Crippen LogP contribution in [0.5, 0.6) is 0 Å². The van der Waals surface area contributed by atoms with Crippen molar-refractivity contribution in [2.45, 2.75) is 103 Å². The van der Waals surface area contributed by atoms with Crippen LogP contribution in [0.3, 0.4) is 0 Å². The fourth-order valence-electron chi connectivity index (χ4n) is 6.70. The van der Waals surface area contributed by atoms with Gasteiger partial charge in [-0.15, -0.1) is 0 Å². The second-order valence-electron chi connectivity index (χ2n) is 11.1. The van der Waals surface area contributed by atoms with Crippen molar-refractivity contribution >= 4 is 0 Å². The number of aliphatic hydroxyl groups excluding tert-OH is 2. The van der Waals surface area contributed by atoms with Gasteiger partial charge in [-0.2, -0.15) is 0 Å². The molecule has 0 heterocycles. The molecule has 3 nitrogen and oxygen atoms in total. The van der Waals surface area contributed by atoms with E-state index in [0.29, 0.717) is 36.0 Å². The minimum absolute atomic E-state index is 0.312. The molecule has 33 heavy (non-hydrogen) atoms. The van der Waals surface area contributed by atoms with Crippen LogP contribution >= 0.6 is 0 Å². The summed E-state index contributed by atoms with van der Waals surface area (Å²) in [6.07, 6.45) is 20.3. The van der Waals surface area contributed by atoms with Gasteiger partial charge in [0.2, 0.25) is 0 Å². The van der Waals surface area contributed by atoms with Crippen LogP contribution in [0.25, 0.3) is 0 Å². The molecule has 3 aliphatic carbocycles. The van der Waals surface area contributed by atoms with E-state index in [-0.39, 0.29) is 0 Å². The fraction of sp³-hybridized carbons (Fsp3) is 0.667. The molecule has 0 saturated heterocycles. The third-order valence-corrected chi connectivity index (χ3v) is 9.09. The first-order valence-corrected chi connectivity index (χ1v) is 13.2. The van der Waals surface area contributed by atoms with E-state index >= 15 is 0 Å². The average molecular weight is 455 g/mol. The first kappa shape index (κ1) is 26.2. The summed E-state index contributed by atoms with van der Waals surface area (Å²) in [7, 11) is 0. The van der Waals surface area contributed by atoms with Crippen molar-refractivity contribution in [3.8, 4) is 0 Å². The smallest absolute Gasteiger partial charge is 0.0825 e. The Morgan fingerprint density at radius 2 is 1.88 bits per heavy atom. The van der Waals surface area contributed by atoms with Gasteiger partial charge in [-0.1, -0.05) is 76.3 Å². The third-order valence-electron chi connectivity index (χ3n) is 9.09. The van der Waals surface area contributed by atoms with Crippen molar-refractivity contribution in [3.63, 3.8) is 0 Å². The Kier molecular flexibility index (Phi) is 8.64. The Morgan fingerprint density at radius 3 is 2.58 bits per heavy atom. The van der Waals surface area contributed by atoms with E-state index in [4.69, 9.17) is 0 Å². The Bertz CT molecular complexity index is 812. The van der Waals surface area contributed by atoms with Gasteiger partial charge in [0, 0.05) is 6.42 Å². The van der Waals surface area contributed by atoms with Gasteiger partial charge >= 0.3 is 0 Å². The van der Waals surface area contributed by atoms with Gasteiger partial charge in [-0.05, 0) is 85.7 Å². The molecule has 0 bridgehead atoms. The maximum Gasteiger partial charge on any atom is 0.0825 e. The molecule has 0 aromatic carbocycles. The highest BCUT2D eigenvalue weighted by atomic mass is 16.3. The Hall–Kier alpha value is -1.42. The zero-order valence-corrected chi connectivity index (χ0v) is 21.3.